The van der Waals surface area contributed by atoms with E-state index in [2.05, 4.69) is 36.6 Å². The number of ether oxygens (including phenoxy) is 2. The zero-order valence-electron chi connectivity index (χ0n) is 23.4. The highest BCUT2D eigenvalue weighted by Crippen LogP contribution is 2.47. The number of benzene rings is 3. The van der Waals surface area contributed by atoms with Gasteiger partial charge < -0.3 is 19.7 Å². The molecule has 0 spiro atoms. The van der Waals surface area contributed by atoms with Gasteiger partial charge in [-0.3, -0.25) is 4.79 Å². The Morgan fingerprint density at radius 2 is 1.69 bits per heavy atom. The number of aliphatic hydroxyl groups excluding tert-OH is 1. The topological polar surface area (TPSA) is 110 Å². The van der Waals surface area contributed by atoms with Crippen LogP contribution in [0.2, 0.25) is 0 Å². The number of rotatable bonds is 9. The maximum atomic E-state index is 11.7. The van der Waals surface area contributed by atoms with Gasteiger partial charge in [-0.05, 0) is 96.6 Å². The average Bonchev–Trinajstić information content (AvgIpc) is 3.35. The van der Waals surface area contributed by atoms with Gasteiger partial charge in [0.25, 0.3) is 0 Å². The van der Waals surface area contributed by atoms with E-state index in [1.54, 1.807) is 11.3 Å². The number of fused-ring (bicyclic) bond motifs is 1. The SMILES string of the molecule is Cc1cc(OC2CCS(=O)(=O)CC2)ccc1-c1csc2ccc(COc3ccc(C4(CC(=O)O)CC(O)C4)cc3)cc12. The number of carboxylic acid groups (broad SMARTS) is 1. The zero-order valence-corrected chi connectivity index (χ0v) is 25.0. The monoisotopic (exact) mass is 606 g/mol. The normalized spacial score (nSPS) is 22.0. The summed E-state index contributed by atoms with van der Waals surface area (Å²) in [6.07, 6.45) is 1.48. The predicted octanol–water partition coefficient (Wildman–Crippen LogP) is 6.28. The van der Waals surface area contributed by atoms with Gasteiger partial charge >= 0.3 is 5.97 Å². The van der Waals surface area contributed by atoms with Crippen molar-refractivity contribution in [2.24, 2.45) is 0 Å². The summed E-state index contributed by atoms with van der Waals surface area (Å²) in [5.41, 5.74) is 4.83. The second-order valence-corrected chi connectivity index (χ2v) is 14.9. The van der Waals surface area contributed by atoms with Gasteiger partial charge in [0.05, 0.1) is 24.0 Å². The molecule has 4 aromatic rings. The Balaban J connectivity index is 1.14. The molecule has 42 heavy (non-hydrogen) atoms. The zero-order chi connectivity index (χ0) is 29.5. The van der Waals surface area contributed by atoms with Crippen LogP contribution in [0.1, 0.15) is 48.8 Å². The first kappa shape index (κ1) is 28.7. The summed E-state index contributed by atoms with van der Waals surface area (Å²) < 4.78 is 36.9. The molecule has 7 nitrogen and oxygen atoms in total. The number of sulfone groups is 1. The van der Waals surface area contributed by atoms with E-state index in [1.807, 2.05) is 36.4 Å². The van der Waals surface area contributed by atoms with Crippen molar-refractivity contribution in [2.75, 3.05) is 11.5 Å². The minimum Gasteiger partial charge on any atom is -0.490 e. The molecule has 2 fully saturated rings. The smallest absolute Gasteiger partial charge is 0.304 e. The fraction of sp³-hybridized carbons (Fsp3) is 0.364. The second-order valence-electron chi connectivity index (χ2n) is 11.7. The quantitative estimate of drug-likeness (QED) is 0.231. The van der Waals surface area contributed by atoms with E-state index in [1.165, 1.54) is 4.70 Å². The Morgan fingerprint density at radius 1 is 0.976 bits per heavy atom. The van der Waals surface area contributed by atoms with Crippen molar-refractivity contribution in [1.29, 1.82) is 0 Å². The number of aliphatic carboxylic acids is 1. The highest BCUT2D eigenvalue weighted by molar-refractivity contribution is 7.91. The van der Waals surface area contributed by atoms with Gasteiger partial charge in [0.2, 0.25) is 0 Å². The molecule has 2 heterocycles. The number of hydrogen-bond acceptors (Lipinski definition) is 7. The fourth-order valence-corrected chi connectivity index (χ4v) is 8.64. The third-order valence-corrected chi connectivity index (χ3v) is 11.2. The number of aryl methyl sites for hydroxylation is 1. The Hall–Kier alpha value is -3.40. The van der Waals surface area contributed by atoms with Gasteiger partial charge in [0.15, 0.2) is 9.84 Å². The molecule has 9 heteroatoms. The lowest BCUT2D eigenvalue weighted by atomic mass is 9.61. The number of carbonyl (C=O) groups is 1. The Bertz CT molecular complexity index is 1700. The maximum absolute atomic E-state index is 11.7. The van der Waals surface area contributed by atoms with Crippen LogP contribution in [-0.4, -0.2) is 48.3 Å². The Labute approximate surface area is 249 Å². The lowest BCUT2D eigenvalue weighted by molar-refractivity contribution is -0.140. The largest absolute Gasteiger partial charge is 0.490 e. The summed E-state index contributed by atoms with van der Waals surface area (Å²) >= 11 is 1.70. The van der Waals surface area contributed by atoms with Crippen LogP contribution in [0.25, 0.3) is 21.2 Å². The summed E-state index contributed by atoms with van der Waals surface area (Å²) in [7, 11) is -2.92. The first-order chi connectivity index (χ1) is 20.1. The number of carboxylic acids is 1. The van der Waals surface area contributed by atoms with E-state index in [0.29, 0.717) is 38.0 Å². The average molecular weight is 607 g/mol. The van der Waals surface area contributed by atoms with E-state index in [4.69, 9.17) is 9.47 Å². The van der Waals surface area contributed by atoms with E-state index in [9.17, 15) is 23.4 Å². The van der Waals surface area contributed by atoms with Crippen LogP contribution in [-0.2, 0) is 26.7 Å². The number of aliphatic hydroxyl groups is 1. The van der Waals surface area contributed by atoms with Gasteiger partial charge in [-0.1, -0.05) is 24.3 Å². The minimum atomic E-state index is -2.92. The first-order valence-corrected chi connectivity index (χ1v) is 16.9. The van der Waals surface area contributed by atoms with Gasteiger partial charge in [-0.15, -0.1) is 11.3 Å². The molecule has 0 amide bonds. The minimum absolute atomic E-state index is 0.00935. The van der Waals surface area contributed by atoms with Crippen LogP contribution in [0.15, 0.2) is 66.0 Å². The van der Waals surface area contributed by atoms with Crippen LogP contribution in [0, 0.1) is 6.92 Å². The number of thiophene rings is 1. The van der Waals surface area contributed by atoms with Gasteiger partial charge in [0.1, 0.15) is 24.2 Å². The summed E-state index contributed by atoms with van der Waals surface area (Å²) in [5.74, 6) is 0.986. The van der Waals surface area contributed by atoms with Crippen molar-refractivity contribution >= 4 is 37.2 Å². The predicted molar refractivity (Wildman–Crippen MR) is 164 cm³/mol. The molecule has 0 bridgehead atoms. The summed E-state index contributed by atoms with van der Waals surface area (Å²) in [6, 6.07) is 20.0. The van der Waals surface area contributed by atoms with Crippen LogP contribution in [0.4, 0.5) is 0 Å². The molecule has 6 rings (SSSR count). The third kappa shape index (κ3) is 6.04. The van der Waals surface area contributed by atoms with Crippen molar-refractivity contribution in [3.05, 3.63) is 82.7 Å². The molecule has 2 aliphatic rings. The van der Waals surface area contributed by atoms with E-state index in [0.717, 1.165) is 39.0 Å². The molecule has 1 saturated heterocycles. The summed E-state index contributed by atoms with van der Waals surface area (Å²) in [5, 5.41) is 22.5. The van der Waals surface area contributed by atoms with Crippen molar-refractivity contribution < 1.29 is 32.9 Å². The van der Waals surface area contributed by atoms with Crippen LogP contribution >= 0.6 is 11.3 Å². The van der Waals surface area contributed by atoms with Crippen LogP contribution in [0.5, 0.6) is 11.5 Å². The molecule has 1 aromatic heterocycles. The van der Waals surface area contributed by atoms with Crippen molar-refractivity contribution in [3.8, 4) is 22.6 Å². The lowest BCUT2D eigenvalue weighted by Gasteiger charge is -2.45. The third-order valence-electron chi connectivity index (χ3n) is 8.54. The molecule has 1 saturated carbocycles. The molecule has 0 radical (unpaired) electrons. The molecule has 1 aliphatic carbocycles. The van der Waals surface area contributed by atoms with Gasteiger partial charge in [-0.2, -0.15) is 0 Å². The molecular weight excluding hydrogens is 572 g/mol. The van der Waals surface area contributed by atoms with Crippen LogP contribution < -0.4 is 9.47 Å². The van der Waals surface area contributed by atoms with Gasteiger partial charge in [0, 0.05) is 21.1 Å². The van der Waals surface area contributed by atoms with Crippen LogP contribution in [0.3, 0.4) is 0 Å². The number of hydrogen-bond donors (Lipinski definition) is 2. The first-order valence-electron chi connectivity index (χ1n) is 14.2. The van der Waals surface area contributed by atoms with Crippen molar-refractivity contribution in [2.45, 2.75) is 63.3 Å². The molecule has 1 aliphatic heterocycles. The van der Waals surface area contributed by atoms with E-state index < -0.39 is 27.3 Å². The summed E-state index contributed by atoms with van der Waals surface area (Å²) in [6.45, 7) is 2.46. The Morgan fingerprint density at radius 3 is 2.36 bits per heavy atom. The molecule has 3 aromatic carbocycles. The maximum Gasteiger partial charge on any atom is 0.304 e. The van der Waals surface area contributed by atoms with E-state index in [-0.39, 0.29) is 24.0 Å². The molecule has 0 unspecified atom stereocenters. The van der Waals surface area contributed by atoms with Crippen molar-refractivity contribution in [1.82, 2.24) is 0 Å². The molecule has 0 atom stereocenters. The molecule has 220 valence electrons. The Kier molecular flexibility index (Phi) is 7.76. The summed E-state index contributed by atoms with van der Waals surface area (Å²) in [4.78, 5) is 11.4. The van der Waals surface area contributed by atoms with E-state index >= 15 is 0 Å². The lowest BCUT2D eigenvalue weighted by Crippen LogP contribution is -2.46. The highest BCUT2D eigenvalue weighted by Gasteiger charge is 2.46. The fourth-order valence-electron chi connectivity index (χ4n) is 6.25. The van der Waals surface area contributed by atoms with Gasteiger partial charge in [-0.25, -0.2) is 8.42 Å². The second kappa shape index (κ2) is 11.4. The highest BCUT2D eigenvalue weighted by atomic mass is 32.2. The molecule has 2 N–H and O–H groups in total. The molecular formula is C33H34O7S2. The van der Waals surface area contributed by atoms with Crippen molar-refractivity contribution in [3.63, 3.8) is 0 Å². The standard InChI is InChI=1S/C33H34O7S2/c1-21-14-27(40-26-10-12-42(37,38)13-11-26)7-8-28(21)30-20-41-31-9-2-22(15-29(30)31)19-39-25-5-3-23(4-6-25)33(18-32(35)36)16-24(34)17-33/h2-9,14-15,20,24,26,34H,10-13,16-19H2,1H3,(H,35,36).